The molecule has 2 aromatic heterocycles. The number of aryl methyl sites for hydroxylation is 1. The molecular formula is C20H21ClN4O2S. The molecule has 146 valence electrons. The van der Waals surface area contributed by atoms with Crippen molar-refractivity contribution in [2.45, 2.75) is 39.3 Å². The molecule has 0 bridgehead atoms. The van der Waals surface area contributed by atoms with Gasteiger partial charge < -0.3 is 10.1 Å². The van der Waals surface area contributed by atoms with Crippen LogP contribution in [0.2, 0.25) is 5.02 Å². The molecule has 2 heterocycles. The van der Waals surface area contributed by atoms with E-state index in [9.17, 15) is 4.79 Å². The van der Waals surface area contributed by atoms with E-state index >= 15 is 0 Å². The van der Waals surface area contributed by atoms with Crippen molar-refractivity contribution in [3.63, 3.8) is 0 Å². The van der Waals surface area contributed by atoms with Crippen LogP contribution >= 0.6 is 22.9 Å². The quantitative estimate of drug-likeness (QED) is 0.588. The van der Waals surface area contributed by atoms with Crippen LogP contribution in [0, 0.1) is 12.8 Å². The van der Waals surface area contributed by atoms with Gasteiger partial charge in [0.1, 0.15) is 23.2 Å². The molecule has 0 atom stereocenters. The minimum absolute atomic E-state index is 0.0869. The molecule has 0 unspecified atom stereocenters. The Labute approximate surface area is 172 Å². The van der Waals surface area contributed by atoms with Crippen molar-refractivity contribution >= 4 is 34.7 Å². The van der Waals surface area contributed by atoms with Crippen molar-refractivity contribution in [1.82, 2.24) is 14.8 Å². The first kappa shape index (κ1) is 19.0. The summed E-state index contributed by atoms with van der Waals surface area (Å²) in [5.74, 6) is 2.13. The molecule has 8 heteroatoms. The smallest absolute Gasteiger partial charge is 0.231 e. The van der Waals surface area contributed by atoms with Crippen molar-refractivity contribution in [2.24, 2.45) is 5.92 Å². The Balaban J connectivity index is 1.31. The lowest BCUT2D eigenvalue weighted by molar-refractivity contribution is -0.115. The number of hydrogen-bond donors (Lipinski definition) is 1. The maximum absolute atomic E-state index is 12.5. The van der Waals surface area contributed by atoms with Crippen LogP contribution in [0.3, 0.4) is 0 Å². The highest BCUT2D eigenvalue weighted by Gasteiger charge is 2.24. The summed E-state index contributed by atoms with van der Waals surface area (Å²) >= 11 is 7.35. The van der Waals surface area contributed by atoms with Crippen molar-refractivity contribution in [3.8, 4) is 5.75 Å². The summed E-state index contributed by atoms with van der Waals surface area (Å²) in [4.78, 5) is 17.0. The van der Waals surface area contributed by atoms with Crippen molar-refractivity contribution in [2.75, 3.05) is 5.32 Å². The number of nitrogens with zero attached hydrogens (tertiary/aromatic N) is 3. The molecule has 3 aromatic rings. The van der Waals surface area contributed by atoms with E-state index in [4.69, 9.17) is 16.3 Å². The number of anilines is 1. The molecule has 1 fully saturated rings. The van der Waals surface area contributed by atoms with Gasteiger partial charge in [-0.2, -0.15) is 5.10 Å². The van der Waals surface area contributed by atoms with Gasteiger partial charge in [0.15, 0.2) is 0 Å². The van der Waals surface area contributed by atoms with E-state index in [1.165, 1.54) is 24.2 Å². The van der Waals surface area contributed by atoms with Gasteiger partial charge in [-0.1, -0.05) is 11.6 Å². The van der Waals surface area contributed by atoms with Gasteiger partial charge in [0.05, 0.1) is 18.3 Å². The maximum Gasteiger partial charge on any atom is 0.231 e. The molecule has 6 nitrogen and oxygen atoms in total. The number of thiazole rings is 1. The number of benzene rings is 1. The summed E-state index contributed by atoms with van der Waals surface area (Å²) in [6.45, 7) is 3.19. The van der Waals surface area contributed by atoms with Crippen LogP contribution in [-0.4, -0.2) is 20.7 Å². The average Bonchev–Trinajstić information content (AvgIpc) is 3.29. The highest BCUT2D eigenvalue weighted by atomic mass is 35.5. The van der Waals surface area contributed by atoms with Gasteiger partial charge in [-0.25, -0.2) is 9.67 Å². The van der Waals surface area contributed by atoms with Gasteiger partial charge in [-0.15, -0.1) is 11.3 Å². The maximum atomic E-state index is 12.5. The number of hydrogen-bond acceptors (Lipinski definition) is 5. The molecule has 4 rings (SSSR count). The highest BCUT2D eigenvalue weighted by molar-refractivity contribution is 7.09. The molecule has 1 aliphatic carbocycles. The van der Waals surface area contributed by atoms with Gasteiger partial charge in [0, 0.05) is 22.5 Å². The van der Waals surface area contributed by atoms with Gasteiger partial charge in [-0.3, -0.25) is 4.79 Å². The van der Waals surface area contributed by atoms with E-state index in [0.717, 1.165) is 34.4 Å². The number of rotatable bonds is 8. The first-order valence-corrected chi connectivity index (χ1v) is 10.5. The molecule has 0 saturated heterocycles. The zero-order chi connectivity index (χ0) is 19.5. The largest absolute Gasteiger partial charge is 0.486 e. The van der Waals surface area contributed by atoms with Crippen LogP contribution < -0.4 is 10.1 Å². The molecule has 1 aromatic carbocycles. The van der Waals surface area contributed by atoms with Crippen LogP contribution in [-0.2, 0) is 24.4 Å². The number of halogens is 1. The standard InChI is InChI=1S/C20H21ClN4O2S/c1-13-9-22-25(10-14-2-3-14)20(13)24-18(26)8-16-12-28-19(23-16)11-27-17-6-4-15(21)5-7-17/h4-7,9,12,14H,2-3,8,10-11H2,1H3,(H,24,26). The number of amides is 1. The van der Waals surface area contributed by atoms with Crippen LogP contribution in [0.1, 0.15) is 29.1 Å². The Morgan fingerprint density at radius 2 is 2.14 bits per heavy atom. The predicted molar refractivity (Wildman–Crippen MR) is 110 cm³/mol. The second kappa shape index (κ2) is 8.32. The second-order valence-corrected chi connectivity index (χ2v) is 8.38. The van der Waals surface area contributed by atoms with E-state index < -0.39 is 0 Å². The summed E-state index contributed by atoms with van der Waals surface area (Å²) in [5.41, 5.74) is 1.72. The normalized spacial score (nSPS) is 13.5. The van der Waals surface area contributed by atoms with Crippen LogP contribution in [0.15, 0.2) is 35.8 Å². The average molecular weight is 417 g/mol. The summed E-state index contributed by atoms with van der Waals surface area (Å²) in [7, 11) is 0. The van der Waals surface area contributed by atoms with Gasteiger partial charge >= 0.3 is 0 Å². The Kier molecular flexibility index (Phi) is 5.64. The number of ether oxygens (including phenoxy) is 1. The van der Waals surface area contributed by atoms with E-state index in [1.54, 1.807) is 18.3 Å². The highest BCUT2D eigenvalue weighted by Crippen LogP contribution is 2.32. The second-order valence-electron chi connectivity index (χ2n) is 7.00. The Hall–Kier alpha value is -2.38. The minimum atomic E-state index is -0.0869. The molecule has 1 amide bonds. The Morgan fingerprint density at radius 1 is 1.36 bits per heavy atom. The van der Waals surface area contributed by atoms with Crippen LogP contribution in [0.25, 0.3) is 0 Å². The summed E-state index contributed by atoms with van der Waals surface area (Å²) in [6, 6.07) is 7.20. The lowest BCUT2D eigenvalue weighted by Gasteiger charge is -2.09. The number of aromatic nitrogens is 3. The SMILES string of the molecule is Cc1cnn(CC2CC2)c1NC(=O)Cc1csc(COc2ccc(Cl)cc2)n1. The third-order valence-corrected chi connectivity index (χ3v) is 5.65. The van der Waals surface area contributed by atoms with Gasteiger partial charge in [-0.05, 0) is 49.9 Å². The van der Waals surface area contributed by atoms with Gasteiger partial charge in [0.2, 0.25) is 5.91 Å². The first-order chi connectivity index (χ1) is 13.6. The van der Waals surface area contributed by atoms with Crippen LogP contribution in [0.5, 0.6) is 5.75 Å². The molecule has 28 heavy (non-hydrogen) atoms. The van der Waals surface area contributed by atoms with E-state index in [-0.39, 0.29) is 12.3 Å². The lowest BCUT2D eigenvalue weighted by atomic mass is 10.3. The fourth-order valence-corrected chi connectivity index (χ4v) is 3.67. The van der Waals surface area contributed by atoms with Crippen molar-refractivity contribution in [1.29, 1.82) is 0 Å². The summed E-state index contributed by atoms with van der Waals surface area (Å²) in [6.07, 6.45) is 4.51. The third kappa shape index (κ3) is 4.91. The zero-order valence-electron chi connectivity index (χ0n) is 15.5. The third-order valence-electron chi connectivity index (χ3n) is 4.53. The number of carbonyl (C=O) groups excluding carboxylic acids is 1. The molecule has 1 saturated carbocycles. The van der Waals surface area contributed by atoms with E-state index in [0.29, 0.717) is 17.5 Å². The molecule has 1 N–H and O–H groups in total. The molecule has 0 spiro atoms. The summed E-state index contributed by atoms with van der Waals surface area (Å²) < 4.78 is 7.60. The van der Waals surface area contributed by atoms with Crippen LogP contribution in [0.4, 0.5) is 5.82 Å². The number of nitrogens with one attached hydrogen (secondary N) is 1. The lowest BCUT2D eigenvalue weighted by Crippen LogP contribution is -2.19. The topological polar surface area (TPSA) is 69.0 Å². The van der Waals surface area contributed by atoms with E-state index in [1.807, 2.05) is 29.1 Å². The fourth-order valence-electron chi connectivity index (χ4n) is 2.84. The molecule has 1 aliphatic rings. The first-order valence-electron chi connectivity index (χ1n) is 9.21. The van der Waals surface area contributed by atoms with Crippen molar-refractivity contribution < 1.29 is 9.53 Å². The Morgan fingerprint density at radius 3 is 2.89 bits per heavy atom. The van der Waals surface area contributed by atoms with Gasteiger partial charge in [0.25, 0.3) is 0 Å². The molecule has 0 aliphatic heterocycles. The monoisotopic (exact) mass is 416 g/mol. The summed E-state index contributed by atoms with van der Waals surface area (Å²) in [5, 5.41) is 10.8. The van der Waals surface area contributed by atoms with Crippen molar-refractivity contribution in [3.05, 3.63) is 57.1 Å². The molecule has 0 radical (unpaired) electrons. The number of carbonyl (C=O) groups is 1. The Bertz CT molecular complexity index is 963. The minimum Gasteiger partial charge on any atom is -0.486 e. The fraction of sp³-hybridized carbons (Fsp3) is 0.350. The molecular weight excluding hydrogens is 396 g/mol. The predicted octanol–water partition coefficient (Wildman–Crippen LogP) is 4.47. The van der Waals surface area contributed by atoms with E-state index in [2.05, 4.69) is 15.4 Å². The zero-order valence-corrected chi connectivity index (χ0v) is 17.1.